The topological polar surface area (TPSA) is 24.9 Å². The van der Waals surface area contributed by atoms with Crippen LogP contribution >= 0.6 is 38.9 Å². The van der Waals surface area contributed by atoms with Crippen LogP contribution < -0.4 is 5.32 Å². The number of aryl methyl sites for hydroxylation is 2. The van der Waals surface area contributed by atoms with Crippen molar-refractivity contribution in [2.75, 3.05) is 7.05 Å². The van der Waals surface area contributed by atoms with Gasteiger partial charge in [-0.3, -0.25) is 0 Å². The predicted octanol–water partition coefficient (Wildman–Crippen LogP) is 4.74. The molecule has 0 spiro atoms. The van der Waals surface area contributed by atoms with Crippen LogP contribution in [0.5, 0.6) is 0 Å². The van der Waals surface area contributed by atoms with E-state index in [0.29, 0.717) is 0 Å². The summed E-state index contributed by atoms with van der Waals surface area (Å²) in [5, 5.41) is 5.13. The summed E-state index contributed by atoms with van der Waals surface area (Å²) >= 11 is 11.5. The van der Waals surface area contributed by atoms with E-state index < -0.39 is 0 Å². The maximum atomic E-state index is 6.34. The Morgan fingerprint density at radius 3 is 2.74 bits per heavy atom. The van der Waals surface area contributed by atoms with Crippen molar-refractivity contribution in [1.82, 2.24) is 10.3 Å². The Hall–Kier alpha value is -0.420. The Bertz CT molecular complexity index is 583. The molecule has 0 saturated heterocycles. The molecule has 2 aromatic rings. The molecule has 1 N–H and O–H groups in total. The summed E-state index contributed by atoms with van der Waals surface area (Å²) in [6, 6.07) is 6.01. The lowest BCUT2D eigenvalue weighted by Gasteiger charge is -2.15. The molecular weight excluding hydrogens is 344 g/mol. The zero-order chi connectivity index (χ0) is 14.0. The highest BCUT2D eigenvalue weighted by Gasteiger charge is 2.20. The second kappa shape index (κ2) is 6.35. The number of thiazole rings is 1. The largest absolute Gasteiger partial charge is 0.307 e. The molecule has 1 aromatic carbocycles. The van der Waals surface area contributed by atoms with Gasteiger partial charge in [0.15, 0.2) is 0 Å². The van der Waals surface area contributed by atoms with Crippen molar-refractivity contribution in [2.24, 2.45) is 0 Å². The van der Waals surface area contributed by atoms with Gasteiger partial charge < -0.3 is 5.32 Å². The Balaban J connectivity index is 2.43. The lowest BCUT2D eigenvalue weighted by Crippen LogP contribution is -2.18. The smallest absolute Gasteiger partial charge is 0.115 e. The molecule has 1 atom stereocenters. The van der Waals surface area contributed by atoms with E-state index in [1.54, 1.807) is 11.3 Å². The summed E-state index contributed by atoms with van der Waals surface area (Å²) in [5.41, 5.74) is 2.23. The van der Waals surface area contributed by atoms with E-state index in [0.717, 1.165) is 26.5 Å². The van der Waals surface area contributed by atoms with Gasteiger partial charge in [0.1, 0.15) is 5.01 Å². The number of nitrogens with one attached hydrogen (secondary N) is 1. The number of benzene rings is 1. The van der Waals surface area contributed by atoms with Crippen LogP contribution in [0.4, 0.5) is 0 Å². The second-order valence-electron chi connectivity index (χ2n) is 4.30. The molecule has 1 heterocycles. The zero-order valence-corrected chi connectivity index (χ0v) is 14.3. The average molecular weight is 360 g/mol. The van der Waals surface area contributed by atoms with Crippen LogP contribution in [-0.2, 0) is 6.42 Å². The fraction of sp³-hybridized carbons (Fsp3) is 0.357. The number of halogens is 2. The van der Waals surface area contributed by atoms with E-state index >= 15 is 0 Å². The highest BCUT2D eigenvalue weighted by Crippen LogP contribution is 2.33. The number of hydrogen-bond donors (Lipinski definition) is 1. The van der Waals surface area contributed by atoms with Crippen LogP contribution in [0.3, 0.4) is 0 Å². The lowest BCUT2D eigenvalue weighted by molar-refractivity contribution is 0.683. The molecule has 0 saturated carbocycles. The van der Waals surface area contributed by atoms with Gasteiger partial charge in [-0.05, 0) is 38.1 Å². The molecule has 0 radical (unpaired) electrons. The van der Waals surface area contributed by atoms with Gasteiger partial charge in [-0.25, -0.2) is 4.98 Å². The molecular formula is C14H16BrClN2S. The van der Waals surface area contributed by atoms with Gasteiger partial charge in [-0.2, -0.15) is 0 Å². The van der Waals surface area contributed by atoms with Gasteiger partial charge in [0.05, 0.1) is 11.7 Å². The molecule has 19 heavy (non-hydrogen) atoms. The lowest BCUT2D eigenvalue weighted by atomic mass is 10.1. The van der Waals surface area contributed by atoms with Crippen LogP contribution in [0, 0.1) is 6.92 Å². The highest BCUT2D eigenvalue weighted by molar-refractivity contribution is 9.10. The van der Waals surface area contributed by atoms with Gasteiger partial charge >= 0.3 is 0 Å². The van der Waals surface area contributed by atoms with Crippen LogP contribution in [0.2, 0.25) is 5.02 Å². The quantitative estimate of drug-likeness (QED) is 0.853. The molecule has 0 bridgehead atoms. The fourth-order valence-corrected chi connectivity index (χ4v) is 3.97. The number of aromatic nitrogens is 1. The van der Waals surface area contributed by atoms with E-state index in [1.165, 1.54) is 10.6 Å². The van der Waals surface area contributed by atoms with Gasteiger partial charge in [-0.15, -0.1) is 11.3 Å². The number of hydrogen-bond acceptors (Lipinski definition) is 3. The van der Waals surface area contributed by atoms with Crippen LogP contribution in [0.15, 0.2) is 22.7 Å². The third kappa shape index (κ3) is 3.19. The Morgan fingerprint density at radius 2 is 2.21 bits per heavy atom. The normalized spacial score (nSPS) is 12.7. The van der Waals surface area contributed by atoms with Crippen molar-refractivity contribution >= 4 is 38.9 Å². The zero-order valence-electron chi connectivity index (χ0n) is 11.1. The molecule has 0 amide bonds. The summed E-state index contributed by atoms with van der Waals surface area (Å²) in [6.07, 6.45) is 0.965. The van der Waals surface area contributed by atoms with E-state index in [9.17, 15) is 0 Å². The first-order chi connectivity index (χ1) is 9.06. The Morgan fingerprint density at radius 1 is 1.47 bits per heavy atom. The molecule has 102 valence electrons. The molecule has 0 aliphatic carbocycles. The number of nitrogens with zero attached hydrogens (tertiary/aromatic N) is 1. The fourth-order valence-electron chi connectivity index (χ4n) is 2.05. The van der Waals surface area contributed by atoms with E-state index in [4.69, 9.17) is 16.6 Å². The SMILES string of the molecule is CCc1nc(C(NC)c2ccc(Br)cc2Cl)sc1C. The van der Waals surface area contributed by atoms with E-state index in [1.807, 2.05) is 25.2 Å². The first-order valence-electron chi connectivity index (χ1n) is 6.15. The number of rotatable bonds is 4. The standard InChI is InChI=1S/C14H16BrClN2S/c1-4-12-8(2)19-14(18-12)13(17-3)10-6-5-9(15)7-11(10)16/h5-7,13,17H,4H2,1-3H3. The minimum absolute atomic E-state index is 0.0459. The molecule has 0 aliphatic rings. The monoisotopic (exact) mass is 358 g/mol. The molecule has 2 rings (SSSR count). The van der Waals surface area contributed by atoms with E-state index in [2.05, 4.69) is 35.1 Å². The maximum absolute atomic E-state index is 6.34. The molecule has 1 unspecified atom stereocenters. The summed E-state index contributed by atoms with van der Waals surface area (Å²) in [5.74, 6) is 0. The first kappa shape index (κ1) is 15.0. The summed E-state index contributed by atoms with van der Waals surface area (Å²) in [4.78, 5) is 6.01. The van der Waals surface area contributed by atoms with Gasteiger partial charge in [0.25, 0.3) is 0 Å². The third-order valence-corrected chi connectivity index (χ3v) is 4.95. The highest BCUT2D eigenvalue weighted by atomic mass is 79.9. The molecule has 1 aromatic heterocycles. The van der Waals surface area contributed by atoms with Crippen LogP contribution in [0.25, 0.3) is 0 Å². The van der Waals surface area contributed by atoms with Crippen molar-refractivity contribution in [3.05, 3.63) is 48.8 Å². The molecule has 2 nitrogen and oxygen atoms in total. The average Bonchev–Trinajstić information content (AvgIpc) is 2.74. The minimum atomic E-state index is 0.0459. The van der Waals surface area contributed by atoms with Crippen molar-refractivity contribution in [1.29, 1.82) is 0 Å². The van der Waals surface area contributed by atoms with Gasteiger partial charge in [0, 0.05) is 14.4 Å². The molecule has 0 fully saturated rings. The van der Waals surface area contributed by atoms with Gasteiger partial charge in [-0.1, -0.05) is 40.5 Å². The molecule has 5 heteroatoms. The van der Waals surface area contributed by atoms with Crippen molar-refractivity contribution < 1.29 is 0 Å². The predicted molar refractivity (Wildman–Crippen MR) is 86.3 cm³/mol. The molecule has 0 aliphatic heterocycles. The second-order valence-corrected chi connectivity index (χ2v) is 6.85. The van der Waals surface area contributed by atoms with Crippen LogP contribution in [0.1, 0.15) is 34.1 Å². The first-order valence-corrected chi connectivity index (χ1v) is 8.14. The van der Waals surface area contributed by atoms with Crippen molar-refractivity contribution in [3.8, 4) is 0 Å². The summed E-state index contributed by atoms with van der Waals surface area (Å²) in [6.45, 7) is 4.25. The van der Waals surface area contributed by atoms with Gasteiger partial charge in [0.2, 0.25) is 0 Å². The van der Waals surface area contributed by atoms with Crippen molar-refractivity contribution in [2.45, 2.75) is 26.3 Å². The van der Waals surface area contributed by atoms with Crippen molar-refractivity contribution in [3.63, 3.8) is 0 Å². The Labute approximate surface area is 131 Å². The van der Waals surface area contributed by atoms with E-state index in [-0.39, 0.29) is 6.04 Å². The summed E-state index contributed by atoms with van der Waals surface area (Å²) in [7, 11) is 1.94. The third-order valence-electron chi connectivity index (χ3n) is 3.05. The maximum Gasteiger partial charge on any atom is 0.115 e. The van der Waals surface area contributed by atoms with Crippen LogP contribution in [-0.4, -0.2) is 12.0 Å². The minimum Gasteiger partial charge on any atom is -0.307 e. The summed E-state index contributed by atoms with van der Waals surface area (Å²) < 4.78 is 0.987. The Kier molecular flexibility index (Phi) is 5.01.